The molecule has 1 rings (SSSR count). The fraction of sp³-hybridized carbons (Fsp3) is 0.571. The number of nitrogens with zero attached hydrogens (tertiary/aromatic N) is 1. The zero-order valence-electron chi connectivity index (χ0n) is 12.0. The first kappa shape index (κ1) is 16.1. The monoisotopic (exact) mass is 284 g/mol. The van der Waals surface area contributed by atoms with Gasteiger partial charge in [0.15, 0.2) is 9.84 Å². The summed E-state index contributed by atoms with van der Waals surface area (Å²) in [7, 11) is -1.27. The minimum Gasteiger partial charge on any atom is -0.326 e. The fourth-order valence-electron chi connectivity index (χ4n) is 1.78. The molecule has 108 valence electrons. The second-order valence-corrected chi connectivity index (χ2v) is 7.02. The molecule has 1 aromatic carbocycles. The molecule has 0 bridgehead atoms. The molecule has 19 heavy (non-hydrogen) atoms. The van der Waals surface area contributed by atoms with Crippen molar-refractivity contribution in [1.29, 1.82) is 0 Å². The van der Waals surface area contributed by atoms with Gasteiger partial charge in [0.05, 0.1) is 10.6 Å². The Morgan fingerprint density at radius 3 is 2.63 bits per heavy atom. The van der Waals surface area contributed by atoms with Crippen LogP contribution in [0.25, 0.3) is 0 Å². The van der Waals surface area contributed by atoms with E-state index < -0.39 is 9.84 Å². The minimum absolute atomic E-state index is 0.141. The normalized spacial score (nSPS) is 13.7. The summed E-state index contributed by atoms with van der Waals surface area (Å²) >= 11 is 0. The van der Waals surface area contributed by atoms with Crippen LogP contribution in [0.4, 0.5) is 0 Å². The van der Waals surface area contributed by atoms with Crippen LogP contribution in [-0.2, 0) is 16.4 Å². The molecule has 0 fully saturated rings. The van der Waals surface area contributed by atoms with Crippen molar-refractivity contribution in [3.05, 3.63) is 29.8 Å². The Bertz CT molecular complexity index is 500. The molecule has 0 saturated heterocycles. The van der Waals surface area contributed by atoms with Crippen LogP contribution in [0.15, 0.2) is 29.2 Å². The van der Waals surface area contributed by atoms with Gasteiger partial charge in [0.25, 0.3) is 0 Å². The molecule has 4 nitrogen and oxygen atoms in total. The van der Waals surface area contributed by atoms with E-state index in [0.29, 0.717) is 24.0 Å². The molecule has 0 radical (unpaired) electrons. The Morgan fingerprint density at radius 1 is 1.37 bits per heavy atom. The molecule has 0 amide bonds. The van der Waals surface area contributed by atoms with Crippen LogP contribution in [0, 0.1) is 0 Å². The molecule has 0 aromatic heterocycles. The lowest BCUT2D eigenvalue weighted by Gasteiger charge is -2.23. The van der Waals surface area contributed by atoms with Crippen LogP contribution in [0.3, 0.4) is 0 Å². The summed E-state index contributed by atoms with van der Waals surface area (Å²) in [5, 5.41) is 0. The second kappa shape index (κ2) is 7.03. The van der Waals surface area contributed by atoms with E-state index in [2.05, 4.69) is 18.7 Å². The number of benzene rings is 1. The summed E-state index contributed by atoms with van der Waals surface area (Å²) < 4.78 is 24.5. The van der Waals surface area contributed by atoms with Crippen LogP contribution in [-0.4, -0.2) is 38.7 Å². The molecule has 0 aliphatic carbocycles. The first-order valence-corrected chi connectivity index (χ1v) is 8.28. The molecular weight excluding hydrogens is 260 g/mol. The van der Waals surface area contributed by atoms with E-state index in [0.717, 1.165) is 12.0 Å². The standard InChI is InChI=1S/C14H24N2O2S/c1-4-12(2)16(3)8-9-19(17,18)14-7-5-6-13(10-14)11-15/h5-7,10,12H,4,8-9,11,15H2,1-3H3. The largest absolute Gasteiger partial charge is 0.326 e. The Morgan fingerprint density at radius 2 is 2.05 bits per heavy atom. The highest BCUT2D eigenvalue weighted by molar-refractivity contribution is 7.91. The van der Waals surface area contributed by atoms with Gasteiger partial charge in [0.1, 0.15) is 0 Å². The molecular formula is C14H24N2O2S. The van der Waals surface area contributed by atoms with Crippen LogP contribution in [0.1, 0.15) is 25.8 Å². The third-order valence-electron chi connectivity index (χ3n) is 3.55. The van der Waals surface area contributed by atoms with Gasteiger partial charge in [-0.15, -0.1) is 0 Å². The van der Waals surface area contributed by atoms with Gasteiger partial charge in [-0.1, -0.05) is 19.1 Å². The van der Waals surface area contributed by atoms with Gasteiger partial charge in [-0.2, -0.15) is 0 Å². The highest BCUT2D eigenvalue weighted by atomic mass is 32.2. The number of nitrogens with two attached hydrogens (primary N) is 1. The van der Waals surface area contributed by atoms with E-state index in [-0.39, 0.29) is 5.75 Å². The van der Waals surface area contributed by atoms with Gasteiger partial charge in [-0.3, -0.25) is 0 Å². The Kier molecular flexibility index (Phi) is 5.97. The summed E-state index contributed by atoms with van der Waals surface area (Å²) in [4.78, 5) is 2.44. The van der Waals surface area contributed by atoms with Crippen molar-refractivity contribution in [1.82, 2.24) is 4.90 Å². The third-order valence-corrected chi connectivity index (χ3v) is 5.24. The van der Waals surface area contributed by atoms with Gasteiger partial charge < -0.3 is 10.6 Å². The maximum absolute atomic E-state index is 12.2. The predicted octanol–water partition coefficient (Wildman–Crippen LogP) is 1.65. The van der Waals surface area contributed by atoms with Crippen molar-refractivity contribution < 1.29 is 8.42 Å². The zero-order valence-corrected chi connectivity index (χ0v) is 12.8. The van der Waals surface area contributed by atoms with Crippen molar-refractivity contribution in [2.75, 3.05) is 19.3 Å². The highest BCUT2D eigenvalue weighted by Gasteiger charge is 2.17. The number of rotatable bonds is 7. The van der Waals surface area contributed by atoms with Crippen LogP contribution in [0.5, 0.6) is 0 Å². The number of hydrogen-bond acceptors (Lipinski definition) is 4. The lowest BCUT2D eigenvalue weighted by atomic mass is 10.2. The molecule has 2 N–H and O–H groups in total. The summed E-state index contributed by atoms with van der Waals surface area (Å²) in [5.74, 6) is 0.141. The van der Waals surface area contributed by atoms with Gasteiger partial charge in [0.2, 0.25) is 0 Å². The minimum atomic E-state index is -3.23. The molecule has 0 heterocycles. The van der Waals surface area contributed by atoms with E-state index in [9.17, 15) is 8.42 Å². The number of sulfone groups is 1. The lowest BCUT2D eigenvalue weighted by molar-refractivity contribution is 0.266. The summed E-state index contributed by atoms with van der Waals surface area (Å²) in [5.41, 5.74) is 6.38. The Balaban J connectivity index is 2.75. The van der Waals surface area contributed by atoms with Crippen molar-refractivity contribution in [2.24, 2.45) is 5.73 Å². The molecule has 0 saturated carbocycles. The van der Waals surface area contributed by atoms with Gasteiger partial charge in [-0.05, 0) is 38.1 Å². The third kappa shape index (κ3) is 4.60. The maximum atomic E-state index is 12.2. The summed E-state index contributed by atoms with van der Waals surface area (Å²) in [6.07, 6.45) is 1.01. The maximum Gasteiger partial charge on any atom is 0.179 e. The predicted molar refractivity (Wildman–Crippen MR) is 78.8 cm³/mol. The van der Waals surface area contributed by atoms with Crippen LogP contribution < -0.4 is 5.73 Å². The van der Waals surface area contributed by atoms with E-state index in [1.54, 1.807) is 18.2 Å². The summed E-state index contributed by atoms with van der Waals surface area (Å²) in [6.45, 7) is 5.10. The van der Waals surface area contributed by atoms with E-state index >= 15 is 0 Å². The van der Waals surface area contributed by atoms with Gasteiger partial charge >= 0.3 is 0 Å². The van der Waals surface area contributed by atoms with Crippen molar-refractivity contribution >= 4 is 9.84 Å². The first-order valence-electron chi connectivity index (χ1n) is 6.62. The average Bonchev–Trinajstić information content (AvgIpc) is 2.43. The summed E-state index contributed by atoms with van der Waals surface area (Å²) in [6, 6.07) is 7.28. The van der Waals surface area contributed by atoms with Crippen molar-refractivity contribution in [2.45, 2.75) is 37.8 Å². The van der Waals surface area contributed by atoms with Crippen molar-refractivity contribution in [3.8, 4) is 0 Å². The molecule has 1 aromatic rings. The van der Waals surface area contributed by atoms with E-state index in [1.807, 2.05) is 13.1 Å². The Labute approximate surface area is 116 Å². The topological polar surface area (TPSA) is 63.4 Å². The fourth-order valence-corrected chi connectivity index (χ4v) is 3.16. The first-order chi connectivity index (χ1) is 8.90. The second-order valence-electron chi connectivity index (χ2n) is 4.91. The zero-order chi connectivity index (χ0) is 14.5. The molecule has 1 unspecified atom stereocenters. The Hall–Kier alpha value is -0.910. The molecule has 0 aliphatic rings. The lowest BCUT2D eigenvalue weighted by Crippen LogP contribution is -2.33. The van der Waals surface area contributed by atoms with E-state index in [4.69, 9.17) is 5.73 Å². The van der Waals surface area contributed by atoms with Gasteiger partial charge in [-0.25, -0.2) is 8.42 Å². The average molecular weight is 284 g/mol. The molecule has 0 aliphatic heterocycles. The molecule has 5 heteroatoms. The van der Waals surface area contributed by atoms with Crippen LogP contribution >= 0.6 is 0 Å². The number of hydrogen-bond donors (Lipinski definition) is 1. The quantitative estimate of drug-likeness (QED) is 0.827. The van der Waals surface area contributed by atoms with Crippen molar-refractivity contribution in [3.63, 3.8) is 0 Å². The highest BCUT2D eigenvalue weighted by Crippen LogP contribution is 2.14. The SMILES string of the molecule is CCC(C)N(C)CCS(=O)(=O)c1cccc(CN)c1. The van der Waals surface area contributed by atoms with Crippen LogP contribution in [0.2, 0.25) is 0 Å². The molecule has 0 spiro atoms. The molecule has 1 atom stereocenters. The van der Waals surface area contributed by atoms with Gasteiger partial charge in [0, 0.05) is 19.1 Å². The van der Waals surface area contributed by atoms with E-state index in [1.165, 1.54) is 0 Å². The smallest absolute Gasteiger partial charge is 0.179 e.